The number of amides is 1. The molecule has 0 radical (unpaired) electrons. The van der Waals surface area contributed by atoms with Crippen LogP contribution in [0.1, 0.15) is 38.9 Å². The molecule has 0 aliphatic heterocycles. The van der Waals surface area contributed by atoms with Crippen molar-refractivity contribution in [1.82, 2.24) is 35.4 Å². The third-order valence-corrected chi connectivity index (χ3v) is 9.50. The largest absolute Gasteiger partial charge is 0.341 e. The maximum absolute atomic E-state index is 13.8. The van der Waals surface area contributed by atoms with Gasteiger partial charge in [0.2, 0.25) is 0 Å². The Morgan fingerprint density at radius 2 is 1.30 bits per heavy atom. The van der Waals surface area contributed by atoms with E-state index in [2.05, 4.69) is 61.7 Å². The molecule has 53 heavy (non-hydrogen) atoms. The molecule has 0 saturated heterocycles. The summed E-state index contributed by atoms with van der Waals surface area (Å²) >= 11 is 0. The molecule has 8 aromatic rings. The Kier molecular flexibility index (Phi) is 9.27. The molecule has 0 saturated carbocycles. The number of benzene rings is 5. The highest BCUT2D eigenvalue weighted by atomic mass is 19.3. The lowest BCUT2D eigenvalue weighted by Gasteiger charge is -2.37. The SMILES string of the molecule is O=C(NC(CNCC(F)F)c1ccccc1)c1nc2cc3c(-c4ccncc4)nn(C(c4ccccc4)(c4ccccc4)c4ccccc4)c3cc2[nH]1. The number of nitrogens with one attached hydrogen (secondary N) is 3. The highest BCUT2D eigenvalue weighted by Crippen LogP contribution is 2.44. The zero-order chi connectivity index (χ0) is 36.2. The number of nitrogens with zero attached hydrogens (tertiary/aromatic N) is 4. The molecule has 8 rings (SSSR count). The summed E-state index contributed by atoms with van der Waals surface area (Å²) in [5.74, 6) is -0.353. The van der Waals surface area contributed by atoms with Crippen molar-refractivity contribution in [3.8, 4) is 11.3 Å². The number of carbonyl (C=O) groups excluding carboxylic acids is 1. The average Bonchev–Trinajstić information content (AvgIpc) is 3.80. The molecule has 0 aliphatic rings. The Hall–Kier alpha value is -6.52. The van der Waals surface area contributed by atoms with Crippen LogP contribution in [0.2, 0.25) is 0 Å². The molecule has 8 nitrogen and oxygen atoms in total. The van der Waals surface area contributed by atoms with E-state index in [4.69, 9.17) is 10.1 Å². The number of hydrogen-bond donors (Lipinski definition) is 3. The number of pyridine rings is 1. The molecular weight excluding hydrogens is 669 g/mol. The minimum atomic E-state index is -2.51. The predicted molar refractivity (Wildman–Crippen MR) is 203 cm³/mol. The molecule has 0 spiro atoms. The van der Waals surface area contributed by atoms with E-state index in [0.29, 0.717) is 11.0 Å². The first kappa shape index (κ1) is 33.6. The van der Waals surface area contributed by atoms with Gasteiger partial charge < -0.3 is 15.6 Å². The van der Waals surface area contributed by atoms with Gasteiger partial charge in [-0.1, -0.05) is 121 Å². The molecule has 3 heterocycles. The lowest BCUT2D eigenvalue weighted by atomic mass is 9.77. The highest BCUT2D eigenvalue weighted by Gasteiger charge is 2.41. The molecule has 1 atom stereocenters. The Bertz CT molecular complexity index is 2360. The van der Waals surface area contributed by atoms with Crippen LogP contribution in [0, 0.1) is 0 Å². The molecule has 0 bridgehead atoms. The predicted octanol–water partition coefficient (Wildman–Crippen LogP) is 8.14. The second-order valence-electron chi connectivity index (χ2n) is 12.8. The van der Waals surface area contributed by atoms with Crippen LogP contribution in [0.3, 0.4) is 0 Å². The molecule has 0 fully saturated rings. The Morgan fingerprint density at radius 3 is 1.87 bits per heavy atom. The van der Waals surface area contributed by atoms with Crippen molar-refractivity contribution in [3.05, 3.63) is 186 Å². The molecule has 1 amide bonds. The fourth-order valence-corrected chi connectivity index (χ4v) is 7.11. The van der Waals surface area contributed by atoms with E-state index < -0.39 is 30.5 Å². The molecule has 3 N–H and O–H groups in total. The van der Waals surface area contributed by atoms with Crippen molar-refractivity contribution in [3.63, 3.8) is 0 Å². The van der Waals surface area contributed by atoms with Gasteiger partial charge in [0.25, 0.3) is 12.3 Å². The Labute approximate surface area is 304 Å². The van der Waals surface area contributed by atoms with E-state index in [9.17, 15) is 13.6 Å². The van der Waals surface area contributed by atoms with Crippen LogP contribution >= 0.6 is 0 Å². The van der Waals surface area contributed by atoms with Gasteiger partial charge in [0.15, 0.2) is 5.82 Å². The van der Waals surface area contributed by atoms with Gasteiger partial charge in [-0.3, -0.25) is 9.78 Å². The van der Waals surface area contributed by atoms with Crippen LogP contribution in [0.15, 0.2) is 158 Å². The van der Waals surface area contributed by atoms with E-state index in [-0.39, 0.29) is 12.4 Å². The first-order chi connectivity index (χ1) is 26.0. The van der Waals surface area contributed by atoms with E-state index >= 15 is 0 Å². The quantitative estimate of drug-likeness (QED) is 0.112. The normalized spacial score (nSPS) is 12.4. The van der Waals surface area contributed by atoms with Gasteiger partial charge in [-0.25, -0.2) is 18.4 Å². The monoisotopic (exact) mass is 703 g/mol. The lowest BCUT2D eigenvalue weighted by Crippen LogP contribution is -2.38. The Balaban J connectivity index is 1.32. The molecule has 0 aliphatic carbocycles. The van der Waals surface area contributed by atoms with Crippen LogP contribution in [0.4, 0.5) is 8.78 Å². The number of hydrogen-bond acceptors (Lipinski definition) is 5. The van der Waals surface area contributed by atoms with Gasteiger partial charge in [-0.2, -0.15) is 5.10 Å². The molecule has 3 aromatic heterocycles. The summed E-state index contributed by atoms with van der Waals surface area (Å²) in [7, 11) is 0. The molecule has 1 unspecified atom stereocenters. The molecular formula is C43H35F2N7O. The van der Waals surface area contributed by atoms with Crippen molar-refractivity contribution in [2.45, 2.75) is 18.0 Å². The minimum Gasteiger partial charge on any atom is -0.341 e. The number of aromatic amines is 1. The first-order valence-corrected chi connectivity index (χ1v) is 17.4. The van der Waals surface area contributed by atoms with E-state index in [1.165, 1.54) is 0 Å². The summed E-state index contributed by atoms with van der Waals surface area (Å²) < 4.78 is 28.0. The highest BCUT2D eigenvalue weighted by molar-refractivity contribution is 6.03. The van der Waals surface area contributed by atoms with Crippen molar-refractivity contribution in [2.24, 2.45) is 0 Å². The van der Waals surface area contributed by atoms with E-state index in [1.807, 2.05) is 109 Å². The summed E-state index contributed by atoms with van der Waals surface area (Å²) in [6, 6.07) is 47.5. The minimum absolute atomic E-state index is 0.104. The average molecular weight is 704 g/mol. The second-order valence-corrected chi connectivity index (χ2v) is 12.8. The van der Waals surface area contributed by atoms with Crippen LogP contribution in [-0.4, -0.2) is 50.2 Å². The van der Waals surface area contributed by atoms with Gasteiger partial charge in [-0.15, -0.1) is 0 Å². The zero-order valence-electron chi connectivity index (χ0n) is 28.5. The number of aromatic nitrogens is 5. The summed E-state index contributed by atoms with van der Waals surface area (Å²) in [5.41, 5.74) is 6.56. The van der Waals surface area contributed by atoms with Gasteiger partial charge >= 0.3 is 0 Å². The number of carbonyl (C=O) groups is 1. The molecule has 10 heteroatoms. The summed E-state index contributed by atoms with van der Waals surface area (Å²) in [5, 5.41) is 12.0. The van der Waals surface area contributed by atoms with E-state index in [1.54, 1.807) is 12.4 Å². The smallest absolute Gasteiger partial charge is 0.287 e. The lowest BCUT2D eigenvalue weighted by molar-refractivity contribution is 0.0925. The molecule has 5 aromatic carbocycles. The number of rotatable bonds is 12. The van der Waals surface area contributed by atoms with Gasteiger partial charge in [0.1, 0.15) is 11.2 Å². The second kappa shape index (κ2) is 14.6. The zero-order valence-corrected chi connectivity index (χ0v) is 28.5. The number of halogens is 2. The summed E-state index contributed by atoms with van der Waals surface area (Å²) in [4.78, 5) is 26.0. The first-order valence-electron chi connectivity index (χ1n) is 17.4. The molecule has 262 valence electrons. The van der Waals surface area contributed by atoms with Gasteiger partial charge in [-0.05, 0) is 46.5 Å². The maximum atomic E-state index is 13.8. The van der Waals surface area contributed by atoms with Gasteiger partial charge in [0.05, 0.1) is 29.1 Å². The van der Waals surface area contributed by atoms with Crippen LogP contribution < -0.4 is 10.6 Å². The standard InChI is InChI=1S/C43H35F2N7O/c44-39(45)28-47-27-37(29-13-5-1-6-14-29)50-42(53)41-48-35-25-34-38(26-36(35)49-41)52(51-40(34)30-21-23-46-24-22-30)43(31-15-7-2-8-16-31,32-17-9-3-10-18-32)33-19-11-4-12-20-33/h1-26,37,39,47H,27-28H2,(H,48,49)(H,50,53). The van der Waals surface area contributed by atoms with Crippen molar-refractivity contribution >= 4 is 27.8 Å². The summed E-state index contributed by atoms with van der Waals surface area (Å²) in [6.07, 6.45) is 0.978. The van der Waals surface area contributed by atoms with Crippen molar-refractivity contribution in [1.29, 1.82) is 0 Å². The topological polar surface area (TPSA) is 101 Å². The van der Waals surface area contributed by atoms with Crippen molar-refractivity contribution in [2.75, 3.05) is 13.1 Å². The number of alkyl halides is 2. The van der Waals surface area contributed by atoms with Crippen LogP contribution in [-0.2, 0) is 5.54 Å². The number of H-pyrrole nitrogens is 1. The fraction of sp³-hybridized carbons (Fsp3) is 0.116. The third-order valence-electron chi connectivity index (χ3n) is 9.50. The van der Waals surface area contributed by atoms with Crippen LogP contribution in [0.5, 0.6) is 0 Å². The number of fused-ring (bicyclic) bond motifs is 2. The van der Waals surface area contributed by atoms with Crippen molar-refractivity contribution < 1.29 is 13.6 Å². The van der Waals surface area contributed by atoms with Gasteiger partial charge in [0, 0.05) is 29.9 Å². The van der Waals surface area contributed by atoms with E-state index in [0.717, 1.165) is 44.4 Å². The fourth-order valence-electron chi connectivity index (χ4n) is 7.11. The summed E-state index contributed by atoms with van der Waals surface area (Å²) in [6.45, 7) is -0.362. The maximum Gasteiger partial charge on any atom is 0.287 e. The third kappa shape index (κ3) is 6.45. The Morgan fingerprint density at radius 1 is 0.736 bits per heavy atom. The number of imidazole rings is 1. The van der Waals surface area contributed by atoms with Crippen LogP contribution in [0.25, 0.3) is 33.2 Å².